The van der Waals surface area contributed by atoms with Gasteiger partial charge in [0.15, 0.2) is 5.82 Å². The fraction of sp³-hybridized carbons (Fsp3) is 0.421. The molecule has 0 unspecified atom stereocenters. The first-order valence-electron chi connectivity index (χ1n) is 9.27. The van der Waals surface area contributed by atoms with Crippen molar-refractivity contribution < 1.29 is 9.84 Å². The van der Waals surface area contributed by atoms with Crippen LogP contribution in [0.25, 0.3) is 10.9 Å². The van der Waals surface area contributed by atoms with E-state index in [-0.39, 0.29) is 6.61 Å². The van der Waals surface area contributed by atoms with Crippen molar-refractivity contribution in [1.82, 2.24) is 24.8 Å². The van der Waals surface area contributed by atoms with Gasteiger partial charge in [-0.2, -0.15) is 9.89 Å². The largest absolute Gasteiger partial charge is 0.493 e. The van der Waals surface area contributed by atoms with Crippen molar-refractivity contribution in [3.63, 3.8) is 0 Å². The lowest BCUT2D eigenvalue weighted by molar-refractivity contribution is 0.183. The molecule has 3 aromatic rings. The number of nitrogens with zero attached hydrogens (tertiary/aromatic N) is 5. The van der Waals surface area contributed by atoms with E-state index in [4.69, 9.17) is 9.84 Å². The fourth-order valence-corrected chi connectivity index (χ4v) is 2.93. The van der Waals surface area contributed by atoms with Crippen LogP contribution in [-0.4, -0.2) is 62.7 Å². The van der Waals surface area contributed by atoms with E-state index >= 15 is 0 Å². The average molecular weight is 370 g/mol. The van der Waals surface area contributed by atoms with Crippen molar-refractivity contribution in [3.8, 4) is 5.75 Å². The van der Waals surface area contributed by atoms with Gasteiger partial charge >= 0.3 is 0 Å². The standard InChI is InChI=1S/C19H26N6O2/c1-2-8-24(11-12-26)9-4-13-27-16-5-6-17-18(14-16)20-15-21-19(17)23-25-10-3-7-22-25/h3,5-7,10,14-15,26H,2,4,8-9,11-13H2,1H3,(H,20,21,23). The van der Waals surface area contributed by atoms with Gasteiger partial charge in [0.2, 0.25) is 0 Å². The first kappa shape index (κ1) is 19.1. The molecule has 0 saturated carbocycles. The highest BCUT2D eigenvalue weighted by atomic mass is 16.5. The van der Waals surface area contributed by atoms with Crippen molar-refractivity contribution in [2.24, 2.45) is 0 Å². The van der Waals surface area contributed by atoms with E-state index in [0.717, 1.165) is 42.6 Å². The molecule has 0 fully saturated rings. The van der Waals surface area contributed by atoms with Crippen LogP contribution in [0.3, 0.4) is 0 Å². The van der Waals surface area contributed by atoms with Gasteiger partial charge in [0.25, 0.3) is 0 Å². The van der Waals surface area contributed by atoms with Gasteiger partial charge in [-0.3, -0.25) is 5.43 Å². The summed E-state index contributed by atoms with van der Waals surface area (Å²) >= 11 is 0. The maximum atomic E-state index is 9.11. The van der Waals surface area contributed by atoms with E-state index in [1.807, 2.05) is 30.5 Å². The number of fused-ring (bicyclic) bond motifs is 1. The van der Waals surface area contributed by atoms with E-state index in [1.54, 1.807) is 11.0 Å². The Bertz CT molecular complexity index is 818. The van der Waals surface area contributed by atoms with Crippen molar-refractivity contribution >= 4 is 16.7 Å². The van der Waals surface area contributed by atoms with E-state index < -0.39 is 0 Å². The molecule has 0 spiro atoms. The number of ether oxygens (including phenoxy) is 1. The number of rotatable bonds is 11. The molecule has 144 valence electrons. The summed E-state index contributed by atoms with van der Waals surface area (Å²) in [6, 6.07) is 7.64. The number of hydrogen-bond donors (Lipinski definition) is 2. The van der Waals surface area contributed by atoms with Crippen LogP contribution in [0.2, 0.25) is 0 Å². The summed E-state index contributed by atoms with van der Waals surface area (Å²) in [6.07, 6.45) is 7.03. The van der Waals surface area contributed by atoms with E-state index in [1.165, 1.54) is 6.33 Å². The van der Waals surface area contributed by atoms with Gasteiger partial charge in [0, 0.05) is 30.7 Å². The van der Waals surface area contributed by atoms with Crippen LogP contribution in [0.1, 0.15) is 19.8 Å². The Labute approximate surface area is 158 Å². The lowest BCUT2D eigenvalue weighted by Gasteiger charge is -2.20. The summed E-state index contributed by atoms with van der Waals surface area (Å²) in [4.78, 5) is 12.5. The summed E-state index contributed by atoms with van der Waals surface area (Å²) in [6.45, 7) is 5.60. The van der Waals surface area contributed by atoms with Crippen LogP contribution >= 0.6 is 0 Å². The van der Waals surface area contributed by atoms with Crippen molar-refractivity contribution in [2.75, 3.05) is 38.3 Å². The van der Waals surface area contributed by atoms with Crippen LogP contribution < -0.4 is 10.2 Å². The maximum absolute atomic E-state index is 9.11. The molecule has 8 nitrogen and oxygen atoms in total. The Hall–Kier alpha value is -2.71. The molecule has 0 bridgehead atoms. The zero-order valence-corrected chi connectivity index (χ0v) is 15.6. The molecule has 27 heavy (non-hydrogen) atoms. The van der Waals surface area contributed by atoms with Crippen molar-refractivity contribution in [3.05, 3.63) is 43.0 Å². The molecular formula is C19H26N6O2. The average Bonchev–Trinajstić information content (AvgIpc) is 3.19. The normalized spacial score (nSPS) is 11.2. The number of nitrogens with one attached hydrogen (secondary N) is 1. The zero-order chi connectivity index (χ0) is 18.9. The number of hydrogen-bond acceptors (Lipinski definition) is 7. The highest BCUT2D eigenvalue weighted by molar-refractivity contribution is 5.89. The molecular weight excluding hydrogens is 344 g/mol. The number of anilines is 1. The van der Waals surface area contributed by atoms with Crippen molar-refractivity contribution in [2.45, 2.75) is 19.8 Å². The van der Waals surface area contributed by atoms with Gasteiger partial charge in [0.05, 0.1) is 24.9 Å². The predicted octanol–water partition coefficient (Wildman–Crippen LogP) is 2.17. The molecule has 0 radical (unpaired) electrons. The molecule has 2 heterocycles. The van der Waals surface area contributed by atoms with E-state index in [9.17, 15) is 0 Å². The second-order valence-corrected chi connectivity index (χ2v) is 6.23. The Morgan fingerprint density at radius 2 is 2.15 bits per heavy atom. The van der Waals surface area contributed by atoms with Gasteiger partial charge in [-0.05, 0) is 37.6 Å². The molecule has 2 N–H and O–H groups in total. The summed E-state index contributed by atoms with van der Waals surface area (Å²) in [5, 5.41) is 14.1. The third-order valence-corrected chi connectivity index (χ3v) is 4.18. The Balaban J connectivity index is 1.58. The van der Waals surface area contributed by atoms with Gasteiger partial charge < -0.3 is 14.7 Å². The third kappa shape index (κ3) is 5.38. The summed E-state index contributed by atoms with van der Waals surface area (Å²) in [5.74, 6) is 1.48. The predicted molar refractivity (Wildman–Crippen MR) is 105 cm³/mol. The minimum Gasteiger partial charge on any atom is -0.493 e. The second-order valence-electron chi connectivity index (χ2n) is 6.23. The number of aliphatic hydroxyl groups excluding tert-OH is 1. The smallest absolute Gasteiger partial charge is 0.157 e. The second kappa shape index (κ2) is 9.84. The molecule has 0 aliphatic heterocycles. The van der Waals surface area contributed by atoms with Crippen LogP contribution in [0, 0.1) is 0 Å². The Kier molecular flexibility index (Phi) is 6.95. The first-order chi connectivity index (χ1) is 13.3. The van der Waals surface area contributed by atoms with Crippen LogP contribution in [0.15, 0.2) is 43.0 Å². The quantitative estimate of drug-likeness (QED) is 0.500. The molecule has 3 rings (SSSR count). The van der Waals surface area contributed by atoms with E-state index in [0.29, 0.717) is 19.0 Å². The molecule has 1 aromatic carbocycles. The van der Waals surface area contributed by atoms with E-state index in [2.05, 4.69) is 32.3 Å². The van der Waals surface area contributed by atoms with Crippen LogP contribution in [0.5, 0.6) is 5.75 Å². The number of aliphatic hydroxyl groups is 1. The zero-order valence-electron chi connectivity index (χ0n) is 15.6. The molecule has 2 aromatic heterocycles. The highest BCUT2D eigenvalue weighted by Crippen LogP contribution is 2.24. The highest BCUT2D eigenvalue weighted by Gasteiger charge is 2.07. The lowest BCUT2D eigenvalue weighted by Crippen LogP contribution is -2.29. The van der Waals surface area contributed by atoms with Crippen LogP contribution in [-0.2, 0) is 0 Å². The molecule has 0 atom stereocenters. The van der Waals surface area contributed by atoms with Gasteiger partial charge in [-0.1, -0.05) is 6.92 Å². The summed E-state index contributed by atoms with van der Waals surface area (Å²) in [5.41, 5.74) is 3.93. The number of benzene rings is 1. The molecule has 8 heteroatoms. The molecule has 0 aliphatic rings. The topological polar surface area (TPSA) is 88.3 Å². The SMILES string of the molecule is CCCN(CCO)CCCOc1ccc2c(Nn3cccn3)ncnc2c1. The fourth-order valence-electron chi connectivity index (χ4n) is 2.93. The monoisotopic (exact) mass is 370 g/mol. The maximum Gasteiger partial charge on any atom is 0.157 e. The minimum atomic E-state index is 0.195. The Morgan fingerprint density at radius 3 is 2.93 bits per heavy atom. The van der Waals surface area contributed by atoms with Crippen LogP contribution in [0.4, 0.5) is 5.82 Å². The third-order valence-electron chi connectivity index (χ3n) is 4.18. The molecule has 0 saturated heterocycles. The van der Waals surface area contributed by atoms with Crippen molar-refractivity contribution in [1.29, 1.82) is 0 Å². The van der Waals surface area contributed by atoms with Gasteiger partial charge in [-0.15, -0.1) is 0 Å². The van der Waals surface area contributed by atoms with Gasteiger partial charge in [0.1, 0.15) is 12.1 Å². The Morgan fingerprint density at radius 1 is 1.22 bits per heavy atom. The first-order valence-corrected chi connectivity index (χ1v) is 9.27. The minimum absolute atomic E-state index is 0.195. The number of aromatic nitrogens is 4. The van der Waals surface area contributed by atoms with Gasteiger partial charge in [-0.25, -0.2) is 9.97 Å². The summed E-state index contributed by atoms with van der Waals surface area (Å²) in [7, 11) is 0. The molecule has 0 aliphatic carbocycles. The summed E-state index contributed by atoms with van der Waals surface area (Å²) < 4.78 is 5.88. The molecule has 0 amide bonds. The lowest BCUT2D eigenvalue weighted by atomic mass is 10.2.